The molecule has 9 rings (SSSR count). The third kappa shape index (κ3) is 5.67. The van der Waals surface area contributed by atoms with Crippen LogP contribution in [0.2, 0.25) is 0 Å². The third-order valence-corrected chi connectivity index (χ3v) is 16.0. The summed E-state index contributed by atoms with van der Waals surface area (Å²) in [6, 6.07) is 10.8. The number of likely N-dealkylation sites (N-methyl/N-ethyl adjacent to an activating group) is 1. The number of hydrogen-bond acceptors (Lipinski definition) is 12. The van der Waals surface area contributed by atoms with Gasteiger partial charge in [0.1, 0.15) is 17.3 Å². The first-order chi connectivity index (χ1) is 29.2. The summed E-state index contributed by atoms with van der Waals surface area (Å²) in [5, 5.41) is 41.5. The Morgan fingerprint density at radius 1 is 1.00 bits per heavy atom. The number of aliphatic hydroxyl groups excluding tert-OH is 1. The molecule has 1 aliphatic carbocycles. The van der Waals surface area contributed by atoms with Crippen LogP contribution in [0.4, 0.5) is 10.5 Å². The van der Waals surface area contributed by atoms with Crippen LogP contribution in [-0.4, -0.2) is 144 Å². The zero-order chi connectivity index (χ0) is 43.3. The number of ether oxygens (including phenoxy) is 3. The zero-order valence-electron chi connectivity index (χ0n) is 36.3. The number of fused-ring (bicyclic) bond motifs is 6. The van der Waals surface area contributed by atoms with Gasteiger partial charge >= 0.3 is 12.1 Å². The summed E-state index contributed by atoms with van der Waals surface area (Å²) in [4.78, 5) is 53.0. The Morgan fingerprint density at radius 3 is 2.51 bits per heavy atom. The summed E-state index contributed by atoms with van der Waals surface area (Å²) in [6.07, 6.45) is 4.69. The predicted octanol–water partition coefficient (Wildman–Crippen LogP) is 3.56. The van der Waals surface area contributed by atoms with Crippen LogP contribution >= 0.6 is 0 Å². The van der Waals surface area contributed by atoms with Crippen LogP contribution in [-0.2, 0) is 36.3 Å². The van der Waals surface area contributed by atoms with Gasteiger partial charge in [-0.3, -0.25) is 19.4 Å². The highest BCUT2D eigenvalue weighted by molar-refractivity contribution is 5.96. The molecule has 3 aromatic rings. The molecule has 14 nitrogen and oxygen atoms in total. The summed E-state index contributed by atoms with van der Waals surface area (Å²) < 4.78 is 17.4. The number of aromatic nitrogens is 1. The molecule has 2 saturated heterocycles. The molecule has 10 atom stereocenters. The minimum atomic E-state index is -2.36. The van der Waals surface area contributed by atoms with Gasteiger partial charge < -0.3 is 44.7 Å². The Labute approximate surface area is 357 Å². The average molecular weight is 840 g/mol. The molecular formula is C47H61N5O9. The summed E-state index contributed by atoms with van der Waals surface area (Å²) in [7, 11) is 4.86. The number of carbonyl (C=O) groups excluding carboxylic acids is 3. The number of aliphatic hydroxyl groups is 3. The lowest BCUT2D eigenvalue weighted by atomic mass is 9.47. The van der Waals surface area contributed by atoms with Crippen LogP contribution in [0, 0.1) is 11.3 Å². The van der Waals surface area contributed by atoms with Crippen LogP contribution in [0.3, 0.4) is 0 Å². The van der Waals surface area contributed by atoms with E-state index in [9.17, 15) is 24.9 Å². The zero-order valence-corrected chi connectivity index (χ0v) is 36.3. The number of rotatable bonds is 9. The molecule has 6 heterocycles. The van der Waals surface area contributed by atoms with Crippen LogP contribution in [0.5, 0.6) is 5.75 Å². The molecule has 5 N–H and O–H groups in total. The lowest BCUT2D eigenvalue weighted by Gasteiger charge is -2.63. The summed E-state index contributed by atoms with van der Waals surface area (Å²) in [5.74, 6) is -0.846. The fraction of sp³-hybridized carbons (Fsp3) is 0.596. The van der Waals surface area contributed by atoms with Crippen LogP contribution in [0.15, 0.2) is 48.6 Å². The van der Waals surface area contributed by atoms with E-state index >= 15 is 4.79 Å². The molecule has 1 spiro atoms. The molecule has 1 saturated carbocycles. The Balaban J connectivity index is 1.32. The minimum absolute atomic E-state index is 0.105. The van der Waals surface area contributed by atoms with Gasteiger partial charge in [-0.05, 0) is 81.2 Å². The first-order valence-corrected chi connectivity index (χ1v) is 22.1. The number of carbonyl (C=O) groups is 3. The summed E-state index contributed by atoms with van der Waals surface area (Å²) >= 11 is 0. The van der Waals surface area contributed by atoms with Crippen LogP contribution in [0.25, 0.3) is 10.9 Å². The third-order valence-electron chi connectivity index (χ3n) is 16.0. The monoisotopic (exact) mass is 839 g/mol. The second-order valence-electron chi connectivity index (χ2n) is 18.6. The van der Waals surface area contributed by atoms with Crippen molar-refractivity contribution in [3.05, 3.63) is 70.9 Å². The Hall–Kier alpha value is -4.47. The van der Waals surface area contributed by atoms with Crippen molar-refractivity contribution in [2.24, 2.45) is 11.3 Å². The maximum atomic E-state index is 15.3. The molecule has 0 radical (unpaired) electrons. The number of aromatic amines is 1. The maximum Gasteiger partial charge on any atom is 0.407 e. The van der Waals surface area contributed by atoms with E-state index in [-0.39, 0.29) is 18.6 Å². The Morgan fingerprint density at radius 2 is 1.79 bits per heavy atom. The van der Waals surface area contributed by atoms with E-state index in [2.05, 4.69) is 32.2 Å². The largest absolute Gasteiger partial charge is 0.496 e. The van der Waals surface area contributed by atoms with Crippen molar-refractivity contribution in [3.63, 3.8) is 0 Å². The first-order valence-electron chi connectivity index (χ1n) is 22.1. The first kappa shape index (κ1) is 41.9. The second kappa shape index (κ2) is 14.8. The van der Waals surface area contributed by atoms with Gasteiger partial charge in [0.2, 0.25) is 0 Å². The highest BCUT2D eigenvalue weighted by Crippen LogP contribution is 2.67. The van der Waals surface area contributed by atoms with Crippen LogP contribution in [0.1, 0.15) is 75.3 Å². The number of Topliss-reactive ketones (excluding diaryl/α,β-unsaturated/α-hetero) is 1. The summed E-state index contributed by atoms with van der Waals surface area (Å²) in [5.41, 5.74) is -1.91. The van der Waals surface area contributed by atoms with Crippen LogP contribution < -0.4 is 15.0 Å². The highest BCUT2D eigenvalue weighted by atomic mass is 16.5. The van der Waals surface area contributed by atoms with Crippen molar-refractivity contribution in [2.75, 3.05) is 72.0 Å². The number of alkyl carbamates (subject to hydrolysis) is 1. The Bertz CT molecular complexity index is 2300. The number of H-pyrrole nitrogens is 1. The van der Waals surface area contributed by atoms with Gasteiger partial charge in [0.05, 0.1) is 39.0 Å². The van der Waals surface area contributed by atoms with Gasteiger partial charge in [-0.15, -0.1) is 0 Å². The number of nitrogens with one attached hydrogen (secondary N) is 2. The van der Waals surface area contributed by atoms with E-state index < -0.39 is 64.0 Å². The van der Waals surface area contributed by atoms with Crippen molar-refractivity contribution in [1.82, 2.24) is 20.1 Å². The molecule has 6 aliphatic rings. The number of amides is 1. The van der Waals surface area contributed by atoms with E-state index in [1.165, 1.54) is 7.11 Å². The van der Waals surface area contributed by atoms with E-state index in [1.807, 2.05) is 62.2 Å². The standard InChI is InChI=1S/C47H61N5O9/c1-7-43(57)23-28-24-46(41(55)60-6,37-30(15-19-51(26-28)27-43)29-13-10-11-14-33(29)49-37)32-21-31-34(22-35(32)59-5)50(4)39-45(31)17-20-52-18-12-16-44(8-2,38(45)52)40(54)47(39,58)36(53)25-48-42(56)61-9-3/h10-14,16,21-22,28,38-40,49,54,57-58H,7-9,15,17-20,23-27H2,1-6H3,(H,48,56)/t28?,38-,39?,40+,43-,44+,45+,46-,47-/m0/s1. The van der Waals surface area contributed by atoms with Crippen molar-refractivity contribution in [3.8, 4) is 5.75 Å². The highest BCUT2D eigenvalue weighted by Gasteiger charge is 2.78. The second-order valence-corrected chi connectivity index (χ2v) is 18.6. The van der Waals surface area contributed by atoms with E-state index in [1.54, 1.807) is 14.0 Å². The molecule has 1 amide bonds. The fourth-order valence-electron chi connectivity index (χ4n) is 13.6. The number of hydrogen-bond donors (Lipinski definition) is 5. The number of benzene rings is 2. The van der Waals surface area contributed by atoms with Crippen molar-refractivity contribution in [2.45, 2.75) is 99.5 Å². The molecule has 5 aliphatic heterocycles. The smallest absolute Gasteiger partial charge is 0.407 e. The molecule has 2 bridgehead atoms. The van der Waals surface area contributed by atoms with E-state index in [0.29, 0.717) is 82.6 Å². The number of anilines is 1. The number of esters is 1. The topological polar surface area (TPSA) is 177 Å². The Kier molecular flexibility index (Phi) is 10.2. The molecular weight excluding hydrogens is 779 g/mol. The SMILES string of the molecule is CCOC(=O)NCC(=O)[C@]1(O)C2N(C)c3cc(OC)c([C@@]4(C(=O)OC)CC5CN(CCc6c4[nH]c4ccccc64)C[C@](O)(CC)C5)cc3[C@@]23CCN2CC=C[C@@](CC)([C@H]1O)[C@H]23. The van der Waals surface area contributed by atoms with Gasteiger partial charge in [0, 0.05) is 84.0 Å². The van der Waals surface area contributed by atoms with Crippen molar-refractivity contribution >= 4 is 34.4 Å². The van der Waals surface area contributed by atoms with Crippen molar-refractivity contribution < 1.29 is 43.9 Å². The maximum absolute atomic E-state index is 15.3. The van der Waals surface area contributed by atoms with Gasteiger partial charge in [-0.1, -0.05) is 44.2 Å². The fourth-order valence-corrected chi connectivity index (χ4v) is 13.6. The minimum Gasteiger partial charge on any atom is -0.496 e. The van der Waals surface area contributed by atoms with Gasteiger partial charge in [0.25, 0.3) is 0 Å². The molecule has 3 fully saturated rings. The molecule has 61 heavy (non-hydrogen) atoms. The average Bonchev–Trinajstić information content (AvgIpc) is 3.92. The molecule has 1 aromatic heterocycles. The normalized spacial score (nSPS) is 36.1. The van der Waals surface area contributed by atoms with Gasteiger partial charge in [-0.25, -0.2) is 4.79 Å². The lowest BCUT2D eigenvalue weighted by Crippen LogP contribution is -2.81. The van der Waals surface area contributed by atoms with Gasteiger partial charge in [0.15, 0.2) is 11.4 Å². The molecule has 3 unspecified atom stereocenters. The lowest BCUT2D eigenvalue weighted by molar-refractivity contribution is -0.201. The number of para-hydroxylation sites is 1. The number of ketones is 1. The molecule has 14 heteroatoms. The number of piperidine rings is 1. The van der Waals surface area contributed by atoms with E-state index in [4.69, 9.17) is 14.2 Å². The molecule has 2 aromatic carbocycles. The molecule has 328 valence electrons. The summed E-state index contributed by atoms with van der Waals surface area (Å²) in [6.45, 7) is 8.44. The van der Waals surface area contributed by atoms with Crippen molar-refractivity contribution in [1.29, 1.82) is 0 Å². The quantitative estimate of drug-likeness (QED) is 0.157. The van der Waals surface area contributed by atoms with Gasteiger partial charge in [-0.2, -0.15) is 0 Å². The predicted molar refractivity (Wildman–Crippen MR) is 229 cm³/mol. The number of nitrogens with zero attached hydrogens (tertiary/aromatic N) is 3. The number of methoxy groups -OCH3 is 2. The van der Waals surface area contributed by atoms with E-state index in [0.717, 1.165) is 33.4 Å².